The molecule has 1 N–H and O–H groups in total. The van der Waals surface area contributed by atoms with Gasteiger partial charge in [-0.2, -0.15) is 0 Å². The Morgan fingerprint density at radius 1 is 1.47 bits per heavy atom. The van der Waals surface area contributed by atoms with E-state index in [1.54, 1.807) is 11.9 Å². The highest BCUT2D eigenvalue weighted by Crippen LogP contribution is 2.41. The molecule has 0 radical (unpaired) electrons. The van der Waals surface area contributed by atoms with Crippen LogP contribution in [0, 0.1) is 5.41 Å². The molecular formula is C14H21NS2. The fraction of sp³-hybridized carbons (Fsp3) is 0.571. The monoisotopic (exact) mass is 267 g/mol. The van der Waals surface area contributed by atoms with Gasteiger partial charge < -0.3 is 0 Å². The van der Waals surface area contributed by atoms with E-state index in [-0.39, 0.29) is 0 Å². The molecule has 1 heterocycles. The fourth-order valence-electron chi connectivity index (χ4n) is 2.53. The van der Waals surface area contributed by atoms with E-state index in [0.29, 0.717) is 5.41 Å². The van der Waals surface area contributed by atoms with E-state index in [0.717, 1.165) is 6.54 Å². The van der Waals surface area contributed by atoms with Crippen molar-refractivity contribution in [2.45, 2.75) is 43.2 Å². The Hall–Kier alpha value is -0.250. The molecule has 0 spiro atoms. The highest BCUT2D eigenvalue weighted by molar-refractivity contribution is 7.99. The molecule has 17 heavy (non-hydrogen) atoms. The molecule has 0 aliphatic heterocycles. The van der Waals surface area contributed by atoms with Crippen molar-refractivity contribution in [3.05, 3.63) is 29.7 Å². The SMILES string of the molecule is C/C=C/CC1(CNSc2cccs2)CCCC1. The third kappa shape index (κ3) is 3.87. The molecule has 0 saturated heterocycles. The highest BCUT2D eigenvalue weighted by atomic mass is 32.2. The van der Waals surface area contributed by atoms with Gasteiger partial charge in [-0.3, -0.25) is 4.72 Å². The molecule has 0 unspecified atom stereocenters. The molecule has 1 aromatic rings. The molecule has 1 nitrogen and oxygen atoms in total. The summed E-state index contributed by atoms with van der Waals surface area (Å²) in [4.78, 5) is 0. The van der Waals surface area contributed by atoms with Crippen LogP contribution in [0.1, 0.15) is 39.0 Å². The Kier molecular flexibility index (Phi) is 5.14. The standard InChI is InChI=1S/C14H21NS2/c1-2-3-8-14(9-4-5-10-14)12-15-17-13-7-6-11-16-13/h2-3,6-7,11,15H,4-5,8-10,12H2,1H3/b3-2+. The zero-order chi connectivity index (χ0) is 12.0. The summed E-state index contributed by atoms with van der Waals surface area (Å²) in [5.41, 5.74) is 0.525. The summed E-state index contributed by atoms with van der Waals surface area (Å²) in [5, 5.41) is 2.13. The van der Waals surface area contributed by atoms with Crippen LogP contribution < -0.4 is 4.72 Å². The molecule has 1 aromatic heterocycles. The maximum absolute atomic E-state index is 3.57. The van der Waals surface area contributed by atoms with Gasteiger partial charge in [0.25, 0.3) is 0 Å². The molecule has 0 aromatic carbocycles. The van der Waals surface area contributed by atoms with Gasteiger partial charge in [0.1, 0.15) is 0 Å². The molecule has 1 fully saturated rings. The highest BCUT2D eigenvalue weighted by Gasteiger charge is 2.32. The number of allylic oxidation sites excluding steroid dienone is 2. The van der Waals surface area contributed by atoms with E-state index in [1.807, 2.05) is 11.3 Å². The summed E-state index contributed by atoms with van der Waals surface area (Å²) in [6, 6.07) is 4.29. The molecular weight excluding hydrogens is 246 g/mol. The van der Waals surface area contributed by atoms with Crippen molar-refractivity contribution in [2.75, 3.05) is 6.54 Å². The van der Waals surface area contributed by atoms with Crippen LogP contribution in [-0.2, 0) is 0 Å². The van der Waals surface area contributed by atoms with E-state index in [2.05, 4.69) is 41.3 Å². The van der Waals surface area contributed by atoms with Gasteiger partial charge in [0.05, 0.1) is 4.21 Å². The second kappa shape index (κ2) is 6.62. The van der Waals surface area contributed by atoms with Crippen molar-refractivity contribution in [2.24, 2.45) is 5.41 Å². The summed E-state index contributed by atoms with van der Waals surface area (Å²) in [6.07, 6.45) is 11.3. The molecule has 2 rings (SSSR count). The number of rotatable bonds is 6. The van der Waals surface area contributed by atoms with E-state index in [4.69, 9.17) is 0 Å². The largest absolute Gasteiger partial charge is 0.259 e. The first-order valence-electron chi connectivity index (χ1n) is 6.39. The minimum atomic E-state index is 0.525. The van der Waals surface area contributed by atoms with Crippen molar-refractivity contribution in [3.8, 4) is 0 Å². The van der Waals surface area contributed by atoms with Crippen LogP contribution in [0.15, 0.2) is 33.9 Å². The number of hydrogen-bond donors (Lipinski definition) is 1. The Balaban J connectivity index is 1.81. The fourth-order valence-corrected chi connectivity index (χ4v) is 4.18. The summed E-state index contributed by atoms with van der Waals surface area (Å²) in [7, 11) is 0. The first-order valence-corrected chi connectivity index (χ1v) is 8.09. The van der Waals surface area contributed by atoms with Crippen LogP contribution in [0.4, 0.5) is 0 Å². The summed E-state index contributed by atoms with van der Waals surface area (Å²) in [6.45, 7) is 3.26. The van der Waals surface area contributed by atoms with Gasteiger partial charge in [0, 0.05) is 6.54 Å². The molecule has 94 valence electrons. The summed E-state index contributed by atoms with van der Waals surface area (Å²) in [5.74, 6) is 0. The number of nitrogens with one attached hydrogen (secondary N) is 1. The van der Waals surface area contributed by atoms with E-state index in [9.17, 15) is 0 Å². The second-order valence-electron chi connectivity index (χ2n) is 4.84. The zero-order valence-electron chi connectivity index (χ0n) is 10.4. The second-order valence-corrected chi connectivity index (χ2v) is 6.97. The van der Waals surface area contributed by atoms with Crippen molar-refractivity contribution in [1.82, 2.24) is 4.72 Å². The Labute approximate surface area is 113 Å². The molecule has 1 aliphatic rings. The van der Waals surface area contributed by atoms with E-state index in [1.165, 1.54) is 36.3 Å². The molecule has 3 heteroatoms. The molecule has 0 bridgehead atoms. The molecule has 1 aliphatic carbocycles. The first-order chi connectivity index (χ1) is 8.35. The molecule has 1 saturated carbocycles. The number of hydrogen-bond acceptors (Lipinski definition) is 3. The predicted octanol–water partition coefficient (Wildman–Crippen LogP) is 4.87. The molecule has 0 amide bonds. The average Bonchev–Trinajstić information content (AvgIpc) is 2.99. The Morgan fingerprint density at radius 3 is 2.94 bits per heavy atom. The Bertz CT molecular complexity index is 337. The topological polar surface area (TPSA) is 12.0 Å². The Morgan fingerprint density at radius 2 is 2.29 bits per heavy atom. The van der Waals surface area contributed by atoms with Crippen LogP contribution in [-0.4, -0.2) is 6.54 Å². The minimum Gasteiger partial charge on any atom is -0.259 e. The van der Waals surface area contributed by atoms with Gasteiger partial charge in [-0.1, -0.05) is 31.1 Å². The predicted molar refractivity (Wildman–Crippen MR) is 78.5 cm³/mol. The normalized spacial score (nSPS) is 19.1. The van der Waals surface area contributed by atoms with Crippen molar-refractivity contribution >= 4 is 23.3 Å². The lowest BCUT2D eigenvalue weighted by molar-refractivity contribution is 0.305. The number of thiophene rings is 1. The first kappa shape index (κ1) is 13.2. The van der Waals surface area contributed by atoms with E-state index >= 15 is 0 Å². The summed E-state index contributed by atoms with van der Waals surface area (Å²) >= 11 is 3.60. The van der Waals surface area contributed by atoms with Gasteiger partial charge in [-0.15, -0.1) is 11.3 Å². The third-order valence-corrected chi connectivity index (χ3v) is 5.39. The van der Waals surface area contributed by atoms with Crippen LogP contribution >= 0.6 is 23.3 Å². The quantitative estimate of drug-likeness (QED) is 0.583. The van der Waals surface area contributed by atoms with Gasteiger partial charge in [0.15, 0.2) is 0 Å². The van der Waals surface area contributed by atoms with Crippen LogP contribution in [0.25, 0.3) is 0 Å². The van der Waals surface area contributed by atoms with Crippen molar-refractivity contribution in [1.29, 1.82) is 0 Å². The van der Waals surface area contributed by atoms with Crippen LogP contribution in [0.3, 0.4) is 0 Å². The van der Waals surface area contributed by atoms with Crippen molar-refractivity contribution < 1.29 is 0 Å². The smallest absolute Gasteiger partial charge is 0.0751 e. The lowest BCUT2D eigenvalue weighted by atomic mass is 9.83. The van der Waals surface area contributed by atoms with Gasteiger partial charge in [-0.25, -0.2) is 0 Å². The minimum absolute atomic E-state index is 0.525. The van der Waals surface area contributed by atoms with Gasteiger partial charge in [-0.05, 0) is 55.0 Å². The molecule has 0 atom stereocenters. The van der Waals surface area contributed by atoms with Crippen LogP contribution in [0.2, 0.25) is 0 Å². The lowest BCUT2D eigenvalue weighted by Gasteiger charge is -2.27. The third-order valence-electron chi connectivity index (χ3n) is 3.57. The average molecular weight is 267 g/mol. The van der Waals surface area contributed by atoms with Crippen LogP contribution in [0.5, 0.6) is 0 Å². The zero-order valence-corrected chi connectivity index (χ0v) is 12.1. The van der Waals surface area contributed by atoms with Gasteiger partial charge in [0.2, 0.25) is 0 Å². The maximum Gasteiger partial charge on any atom is 0.0751 e. The van der Waals surface area contributed by atoms with Gasteiger partial charge >= 0.3 is 0 Å². The summed E-state index contributed by atoms with van der Waals surface area (Å²) < 4.78 is 4.94. The maximum atomic E-state index is 3.57. The lowest BCUT2D eigenvalue weighted by Crippen LogP contribution is -2.28. The van der Waals surface area contributed by atoms with E-state index < -0.39 is 0 Å². The van der Waals surface area contributed by atoms with Crippen molar-refractivity contribution in [3.63, 3.8) is 0 Å².